The van der Waals surface area contributed by atoms with Gasteiger partial charge in [0, 0.05) is 0 Å². The predicted octanol–water partition coefficient (Wildman–Crippen LogP) is 11.0. The molecule has 0 radical (unpaired) electrons. The third-order valence-corrected chi connectivity index (χ3v) is 5.26. The maximum Gasteiger partial charge on any atom is 0.462 e. The van der Waals surface area contributed by atoms with Crippen LogP contribution < -0.4 is 0 Å². The van der Waals surface area contributed by atoms with Crippen molar-refractivity contribution in [3.63, 3.8) is 0 Å². The maximum atomic E-state index is 14.5. The van der Waals surface area contributed by atoms with Gasteiger partial charge in [0.05, 0.1) is 0 Å². The minimum atomic E-state index is -9.53. The molecule has 57 heavy (non-hydrogen) atoms. The van der Waals surface area contributed by atoms with E-state index in [1.807, 2.05) is 0 Å². The van der Waals surface area contributed by atoms with Crippen LogP contribution in [0.15, 0.2) is 0 Å². The lowest BCUT2D eigenvalue weighted by atomic mass is 10.2. The Hall–Kier alpha value is -2.65. The molecule has 0 spiro atoms. The van der Waals surface area contributed by atoms with Crippen molar-refractivity contribution in [1.82, 2.24) is 0 Å². The molecule has 0 amide bonds. The van der Waals surface area contributed by atoms with Crippen LogP contribution in [0.1, 0.15) is 0 Å². The molecule has 40 heteroatoms. The number of ether oxygens (including phenoxy) is 5. The van der Waals surface area contributed by atoms with Crippen molar-refractivity contribution in [1.29, 1.82) is 0 Å². The zero-order chi connectivity index (χ0) is 47.1. The Morgan fingerprint density at radius 3 is 0.614 bits per heavy atom. The van der Waals surface area contributed by atoms with Crippen LogP contribution in [0.3, 0.4) is 0 Å². The summed E-state index contributed by atoms with van der Waals surface area (Å²) in [5, 5.41) is 0. The second-order valence-corrected chi connectivity index (χ2v) is 9.41. The summed E-state index contributed by atoms with van der Waals surface area (Å²) in [7, 11) is 0. The van der Waals surface area contributed by atoms with Gasteiger partial charge in [-0.15, -0.1) is 0 Å². The van der Waals surface area contributed by atoms with Gasteiger partial charge in [-0.25, -0.2) is 4.39 Å². The van der Waals surface area contributed by atoms with E-state index in [2.05, 4.69) is 0 Å². The molecule has 0 heterocycles. The zero-order valence-electron chi connectivity index (χ0n) is 23.8. The van der Waals surface area contributed by atoms with E-state index in [4.69, 9.17) is 0 Å². The number of hydrogen-bond acceptors (Lipinski definition) is 5. The molecule has 5 nitrogen and oxygen atoms in total. The first kappa shape index (κ1) is 54.3. The van der Waals surface area contributed by atoms with Gasteiger partial charge < -0.3 is 0 Å². The van der Waals surface area contributed by atoms with E-state index in [1.54, 1.807) is 0 Å². The fraction of sp³-hybridized carbons (Fsp3) is 1.00. The molecule has 0 fully saturated rings. The zero-order valence-corrected chi connectivity index (χ0v) is 23.8. The quantitative estimate of drug-likeness (QED) is 0.153. The van der Waals surface area contributed by atoms with Gasteiger partial charge in [-0.3, -0.25) is 23.7 Å². The van der Waals surface area contributed by atoms with Crippen molar-refractivity contribution in [3.05, 3.63) is 0 Å². The molecule has 0 saturated carbocycles. The molecule has 0 aromatic heterocycles. The second kappa shape index (κ2) is 14.2. The summed E-state index contributed by atoms with van der Waals surface area (Å²) in [5.74, 6) is -45.6. The van der Waals surface area contributed by atoms with E-state index in [0.717, 1.165) is 9.47 Å². The minimum Gasteiger partial charge on any atom is -0.272 e. The molecule has 5 atom stereocenters. The smallest absolute Gasteiger partial charge is 0.272 e. The highest BCUT2D eigenvalue weighted by Gasteiger charge is 2.91. The average molecular weight is 950 g/mol. The van der Waals surface area contributed by atoms with Gasteiger partial charge in [0.15, 0.2) is 0 Å². The Bertz CT molecular complexity index is 1380. The van der Waals surface area contributed by atoms with Crippen LogP contribution in [0.4, 0.5) is 154 Å². The molecule has 0 aliphatic rings. The van der Waals surface area contributed by atoms with Gasteiger partial charge in [-0.1, -0.05) is 0 Å². The standard InChI is InChI=1S/C17HF35O5/c18-1(2(19,20)21)53-14(45,46)4(24,9(31,32)33)55-16(49,50)6(26,11(37,38)39)57-17(51,52)7(27,12(40,41)42)56-15(47,48)5(25,10(34,35)36)54-13(43,44)3(22,23)8(28,29)30/h1H/t1-,4-,5-,6-,7-/m1/s1. The van der Waals surface area contributed by atoms with Gasteiger partial charge >= 0.3 is 96.9 Å². The number of rotatable bonds is 15. The molecule has 0 unspecified atom stereocenters. The van der Waals surface area contributed by atoms with Crippen LogP contribution >= 0.6 is 0 Å². The van der Waals surface area contributed by atoms with Gasteiger partial charge in [0.1, 0.15) is 0 Å². The fourth-order valence-corrected chi connectivity index (χ4v) is 2.53. The molecular weight excluding hydrogens is 949 g/mol. The van der Waals surface area contributed by atoms with Gasteiger partial charge in [0.2, 0.25) is 0 Å². The van der Waals surface area contributed by atoms with Crippen LogP contribution in [-0.2, 0) is 23.7 Å². The Labute approximate surface area is 282 Å². The normalized spacial score (nSPS) is 20.7. The molecule has 344 valence electrons. The highest BCUT2D eigenvalue weighted by atomic mass is 19.5. The van der Waals surface area contributed by atoms with Crippen molar-refractivity contribution in [2.45, 2.75) is 103 Å². The summed E-state index contributed by atoms with van der Waals surface area (Å²) >= 11 is 0. The summed E-state index contributed by atoms with van der Waals surface area (Å²) in [6.07, 6.45) is -103. The summed E-state index contributed by atoms with van der Waals surface area (Å²) in [5.41, 5.74) is 0. The molecule has 0 aliphatic heterocycles. The lowest BCUT2D eigenvalue weighted by Crippen LogP contribution is -2.72. The third-order valence-electron chi connectivity index (χ3n) is 5.26. The monoisotopic (exact) mass is 950 g/mol. The molecule has 0 aromatic carbocycles. The molecule has 0 rings (SSSR count). The van der Waals surface area contributed by atoms with Crippen LogP contribution in [0, 0.1) is 0 Å². The minimum absolute atomic E-state index is 0.705. The summed E-state index contributed by atoms with van der Waals surface area (Å²) in [6, 6.07) is 0. The molecule has 0 aromatic rings. The number of halogens is 35. The molecule has 0 saturated heterocycles. The number of hydrogen-bond donors (Lipinski definition) is 0. The van der Waals surface area contributed by atoms with Crippen molar-refractivity contribution in [2.24, 2.45) is 0 Å². The topological polar surface area (TPSA) is 46.2 Å². The van der Waals surface area contributed by atoms with Crippen molar-refractivity contribution in [3.8, 4) is 0 Å². The van der Waals surface area contributed by atoms with Crippen molar-refractivity contribution < 1.29 is 177 Å². The second-order valence-electron chi connectivity index (χ2n) is 9.41. The lowest BCUT2D eigenvalue weighted by Gasteiger charge is -2.44. The number of alkyl halides is 35. The molecule has 0 aliphatic carbocycles. The van der Waals surface area contributed by atoms with E-state index in [0.29, 0.717) is 9.47 Å². The van der Waals surface area contributed by atoms with Crippen LogP contribution in [-0.4, -0.2) is 103 Å². The maximum absolute atomic E-state index is 14.5. The van der Waals surface area contributed by atoms with Gasteiger partial charge in [-0.2, -0.15) is 149 Å². The largest absolute Gasteiger partial charge is 0.462 e. The van der Waals surface area contributed by atoms with Crippen molar-refractivity contribution >= 4 is 0 Å². The average Bonchev–Trinajstić information content (AvgIpc) is 2.87. The van der Waals surface area contributed by atoms with E-state index < -0.39 is 103 Å². The van der Waals surface area contributed by atoms with Gasteiger partial charge in [0.25, 0.3) is 6.36 Å². The summed E-state index contributed by atoms with van der Waals surface area (Å²) in [4.78, 5) is 0. The van der Waals surface area contributed by atoms with Gasteiger partial charge in [-0.05, 0) is 0 Å². The Morgan fingerprint density at radius 1 is 0.246 bits per heavy atom. The highest BCUT2D eigenvalue weighted by molar-refractivity contribution is 5.00. The molecular formula is C17HF35O5. The molecule has 0 N–H and O–H groups in total. The van der Waals surface area contributed by atoms with E-state index >= 15 is 0 Å². The molecule has 0 bridgehead atoms. The third kappa shape index (κ3) is 9.40. The predicted molar refractivity (Wildman–Crippen MR) is 91.7 cm³/mol. The Morgan fingerprint density at radius 2 is 0.439 bits per heavy atom. The first-order valence-electron chi connectivity index (χ1n) is 11.5. The van der Waals surface area contributed by atoms with Crippen LogP contribution in [0.25, 0.3) is 0 Å². The van der Waals surface area contributed by atoms with E-state index in [9.17, 15) is 154 Å². The Balaban J connectivity index is 7.87. The first-order valence-corrected chi connectivity index (χ1v) is 11.5. The van der Waals surface area contributed by atoms with Crippen molar-refractivity contribution in [2.75, 3.05) is 0 Å². The summed E-state index contributed by atoms with van der Waals surface area (Å²) < 4.78 is 467. The van der Waals surface area contributed by atoms with E-state index in [-0.39, 0.29) is 0 Å². The van der Waals surface area contributed by atoms with Crippen LogP contribution in [0.2, 0.25) is 0 Å². The van der Waals surface area contributed by atoms with E-state index in [1.165, 1.54) is 4.74 Å². The fourth-order valence-electron chi connectivity index (χ4n) is 2.53. The first-order chi connectivity index (χ1) is 24.0. The SMILES string of the molecule is F[C@H](OC(F)(F)[C@](F)(OC(F)(F)[C@](F)(OC(F)(F)[C@](F)(OC(F)(F)[C@](F)(OC(F)(F)C(F)(F)C(F)(F)F)C(F)(F)F)C(F)(F)F)C(F)(F)F)C(F)(F)F)C(F)(F)F. The highest BCUT2D eigenvalue weighted by Crippen LogP contribution is 2.62. The summed E-state index contributed by atoms with van der Waals surface area (Å²) in [6.45, 7) is 0. The Kier molecular flexibility index (Phi) is 13.6. The lowest BCUT2D eigenvalue weighted by molar-refractivity contribution is -0.599. The van der Waals surface area contributed by atoms with Crippen LogP contribution in [0.5, 0.6) is 0 Å².